The number of rotatable bonds is 13. The fourth-order valence-electron chi connectivity index (χ4n) is 4.36. The molecular weight excluding hydrogens is 606 g/mol. The molecule has 0 saturated carbocycles. The summed E-state index contributed by atoms with van der Waals surface area (Å²) < 4.78 is 33.2. The number of hydrogen-bond acceptors (Lipinski definition) is 5. The molecule has 0 saturated heterocycles. The number of benzene rings is 3. The monoisotopic (exact) mass is 643 g/mol. The Morgan fingerprint density at radius 3 is 2.29 bits per heavy atom. The van der Waals surface area contributed by atoms with Crippen LogP contribution >= 0.6 is 15.9 Å². The Labute approximate surface area is 251 Å². The largest absolute Gasteiger partial charge is 0.497 e. The number of nitrogens with one attached hydrogen (secondary N) is 1. The predicted molar refractivity (Wildman–Crippen MR) is 166 cm³/mol. The second kappa shape index (κ2) is 14.5. The zero-order valence-corrected chi connectivity index (χ0v) is 26.5. The van der Waals surface area contributed by atoms with E-state index in [1.54, 1.807) is 37.4 Å². The first-order valence-corrected chi connectivity index (χ1v) is 16.1. The zero-order chi connectivity index (χ0) is 30.2. The van der Waals surface area contributed by atoms with Crippen LogP contribution in [0.2, 0.25) is 0 Å². The SMILES string of the molecule is CCC(C)NC(=O)C(Cc1ccccc1)N(Cc1cccc(OC)c1)C(=O)CN(c1ccc(Br)c(C)c1)S(C)(=O)=O. The van der Waals surface area contributed by atoms with Gasteiger partial charge in [0.05, 0.1) is 19.1 Å². The van der Waals surface area contributed by atoms with Crippen LogP contribution in [0.1, 0.15) is 37.0 Å². The molecule has 3 aromatic carbocycles. The third-order valence-corrected chi connectivity index (χ3v) is 8.90. The van der Waals surface area contributed by atoms with Crippen molar-refractivity contribution in [3.05, 3.63) is 94.0 Å². The molecule has 0 radical (unpaired) electrons. The molecule has 2 atom stereocenters. The van der Waals surface area contributed by atoms with Crippen LogP contribution < -0.4 is 14.4 Å². The second-order valence-electron chi connectivity index (χ2n) is 10.1. The van der Waals surface area contributed by atoms with Crippen molar-refractivity contribution < 1.29 is 22.7 Å². The van der Waals surface area contributed by atoms with E-state index in [-0.39, 0.29) is 24.9 Å². The van der Waals surface area contributed by atoms with E-state index in [2.05, 4.69) is 21.2 Å². The van der Waals surface area contributed by atoms with Crippen LogP contribution in [0.25, 0.3) is 0 Å². The van der Waals surface area contributed by atoms with Gasteiger partial charge in [-0.05, 0) is 67.3 Å². The van der Waals surface area contributed by atoms with Crippen LogP contribution in [0.3, 0.4) is 0 Å². The molecule has 3 rings (SSSR count). The Morgan fingerprint density at radius 1 is 1.00 bits per heavy atom. The summed E-state index contributed by atoms with van der Waals surface area (Å²) in [6.07, 6.45) is 2.05. The van der Waals surface area contributed by atoms with Crippen LogP contribution in [0.5, 0.6) is 5.75 Å². The summed E-state index contributed by atoms with van der Waals surface area (Å²) in [5, 5.41) is 3.03. The number of amides is 2. The van der Waals surface area contributed by atoms with E-state index in [0.717, 1.165) is 38.1 Å². The topological polar surface area (TPSA) is 96.0 Å². The number of anilines is 1. The Hall–Kier alpha value is -3.37. The molecule has 0 aromatic heterocycles. The molecule has 0 spiro atoms. The van der Waals surface area contributed by atoms with Gasteiger partial charge >= 0.3 is 0 Å². The van der Waals surface area contributed by atoms with Gasteiger partial charge in [-0.15, -0.1) is 0 Å². The van der Waals surface area contributed by atoms with Crippen LogP contribution in [0, 0.1) is 6.92 Å². The summed E-state index contributed by atoms with van der Waals surface area (Å²) in [6, 6.07) is 20.9. The molecule has 3 aromatic rings. The van der Waals surface area contributed by atoms with Gasteiger partial charge < -0.3 is 15.0 Å². The number of aryl methyl sites for hydroxylation is 1. The van der Waals surface area contributed by atoms with Gasteiger partial charge in [0.2, 0.25) is 21.8 Å². The number of hydrogen-bond donors (Lipinski definition) is 1. The van der Waals surface area contributed by atoms with Gasteiger partial charge in [0.15, 0.2) is 0 Å². The fourth-order valence-corrected chi connectivity index (χ4v) is 5.45. The number of methoxy groups -OCH3 is 1. The average Bonchev–Trinajstić information content (AvgIpc) is 2.94. The minimum absolute atomic E-state index is 0.0818. The van der Waals surface area contributed by atoms with E-state index in [4.69, 9.17) is 4.74 Å². The summed E-state index contributed by atoms with van der Waals surface area (Å²) in [7, 11) is -2.28. The number of carbonyl (C=O) groups excluding carboxylic acids is 2. The molecule has 8 nitrogen and oxygen atoms in total. The zero-order valence-electron chi connectivity index (χ0n) is 24.1. The molecule has 2 amide bonds. The van der Waals surface area contributed by atoms with Crippen molar-refractivity contribution in [2.75, 3.05) is 24.2 Å². The maximum atomic E-state index is 14.2. The van der Waals surface area contributed by atoms with E-state index < -0.39 is 28.5 Å². The van der Waals surface area contributed by atoms with Gasteiger partial charge in [-0.2, -0.15) is 0 Å². The van der Waals surface area contributed by atoms with Crippen LogP contribution in [0.4, 0.5) is 5.69 Å². The molecule has 220 valence electrons. The van der Waals surface area contributed by atoms with Gasteiger partial charge in [0, 0.05) is 23.5 Å². The van der Waals surface area contributed by atoms with Gasteiger partial charge in [-0.3, -0.25) is 13.9 Å². The highest BCUT2D eigenvalue weighted by Gasteiger charge is 2.33. The van der Waals surface area contributed by atoms with Crippen molar-refractivity contribution in [2.24, 2.45) is 0 Å². The first-order chi connectivity index (χ1) is 19.4. The summed E-state index contributed by atoms with van der Waals surface area (Å²) >= 11 is 3.45. The lowest BCUT2D eigenvalue weighted by Crippen LogP contribution is -2.54. The maximum Gasteiger partial charge on any atom is 0.244 e. The second-order valence-corrected chi connectivity index (χ2v) is 12.9. The molecule has 0 aliphatic heterocycles. The first-order valence-electron chi connectivity index (χ1n) is 13.4. The van der Waals surface area contributed by atoms with Gasteiger partial charge in [-0.1, -0.05) is 65.3 Å². The van der Waals surface area contributed by atoms with E-state index in [0.29, 0.717) is 11.4 Å². The smallest absolute Gasteiger partial charge is 0.244 e. The summed E-state index contributed by atoms with van der Waals surface area (Å²) in [6.45, 7) is 5.34. The lowest BCUT2D eigenvalue weighted by molar-refractivity contribution is -0.140. The molecule has 1 N–H and O–H groups in total. The predicted octanol–water partition coefficient (Wildman–Crippen LogP) is 5.09. The highest BCUT2D eigenvalue weighted by atomic mass is 79.9. The lowest BCUT2D eigenvalue weighted by atomic mass is 10.0. The molecule has 41 heavy (non-hydrogen) atoms. The third kappa shape index (κ3) is 9.06. The normalized spacial score (nSPS) is 12.7. The van der Waals surface area contributed by atoms with Crippen molar-refractivity contribution in [3.8, 4) is 5.75 Å². The van der Waals surface area contributed by atoms with E-state index in [1.165, 1.54) is 4.90 Å². The van der Waals surface area contributed by atoms with Crippen molar-refractivity contribution in [3.63, 3.8) is 0 Å². The number of halogens is 1. The first kappa shape index (κ1) is 32.1. The van der Waals surface area contributed by atoms with Gasteiger partial charge in [-0.25, -0.2) is 8.42 Å². The summed E-state index contributed by atoms with van der Waals surface area (Å²) in [4.78, 5) is 29.4. The van der Waals surface area contributed by atoms with E-state index >= 15 is 0 Å². The molecule has 10 heteroatoms. The summed E-state index contributed by atoms with van der Waals surface area (Å²) in [5.41, 5.74) is 2.82. The van der Waals surface area contributed by atoms with Crippen molar-refractivity contribution in [1.29, 1.82) is 0 Å². The van der Waals surface area contributed by atoms with Crippen molar-refractivity contribution >= 4 is 43.5 Å². The van der Waals surface area contributed by atoms with Crippen LogP contribution in [-0.2, 0) is 32.6 Å². The number of ether oxygens (including phenoxy) is 1. The van der Waals surface area contributed by atoms with Crippen molar-refractivity contribution in [1.82, 2.24) is 10.2 Å². The van der Waals surface area contributed by atoms with Gasteiger partial charge in [0.25, 0.3) is 0 Å². The molecule has 0 fully saturated rings. The number of nitrogens with zero attached hydrogens (tertiary/aromatic N) is 2. The molecule has 0 aliphatic carbocycles. The van der Waals surface area contributed by atoms with Crippen LogP contribution in [-0.4, -0.2) is 57.1 Å². The van der Waals surface area contributed by atoms with E-state index in [1.807, 2.05) is 63.2 Å². The summed E-state index contributed by atoms with van der Waals surface area (Å²) in [5.74, 6) is -0.189. The maximum absolute atomic E-state index is 14.2. The van der Waals surface area contributed by atoms with Crippen molar-refractivity contribution in [2.45, 2.75) is 52.2 Å². The van der Waals surface area contributed by atoms with E-state index in [9.17, 15) is 18.0 Å². The Bertz CT molecular complexity index is 1450. The minimum atomic E-state index is -3.84. The Balaban J connectivity index is 2.08. The minimum Gasteiger partial charge on any atom is -0.497 e. The average molecular weight is 645 g/mol. The Morgan fingerprint density at radius 2 is 1.68 bits per heavy atom. The standard InChI is InChI=1S/C31H38BrN3O5S/c1-6-23(3)33-31(37)29(19-24-11-8-7-9-12-24)34(20-25-13-10-14-27(18-25)40-4)30(36)21-35(41(5,38)39)26-15-16-28(32)22(2)17-26/h7-18,23,29H,6,19-21H2,1-5H3,(H,33,37). The number of carbonyl (C=O) groups is 2. The molecule has 0 aliphatic rings. The van der Waals surface area contributed by atoms with Gasteiger partial charge in [0.1, 0.15) is 18.3 Å². The third-order valence-electron chi connectivity index (χ3n) is 6.87. The highest BCUT2D eigenvalue weighted by Crippen LogP contribution is 2.26. The number of sulfonamides is 1. The molecular formula is C31H38BrN3O5S. The van der Waals surface area contributed by atoms with Crippen LogP contribution in [0.15, 0.2) is 77.3 Å². The Kier molecular flexibility index (Phi) is 11.4. The lowest BCUT2D eigenvalue weighted by Gasteiger charge is -2.34. The molecule has 0 bridgehead atoms. The highest BCUT2D eigenvalue weighted by molar-refractivity contribution is 9.10. The fraction of sp³-hybridized carbons (Fsp3) is 0.355. The molecule has 2 unspecified atom stereocenters. The quantitative estimate of drug-likeness (QED) is 0.280. The molecule has 0 heterocycles.